The van der Waals surface area contributed by atoms with E-state index in [9.17, 15) is 9.59 Å². The zero-order chi connectivity index (χ0) is 22.1. The van der Waals surface area contributed by atoms with Crippen LogP contribution in [-0.4, -0.2) is 57.0 Å². The van der Waals surface area contributed by atoms with E-state index < -0.39 is 12.1 Å². The SMILES string of the molecule is COc1cc(CCCOC(=O)C2CCCCN2C(=O)OCC(C)C)cc(C)c1OC. The van der Waals surface area contributed by atoms with Gasteiger partial charge in [0, 0.05) is 6.54 Å². The highest BCUT2D eigenvalue weighted by atomic mass is 16.6. The molecule has 1 atom stereocenters. The van der Waals surface area contributed by atoms with Crippen molar-refractivity contribution in [2.75, 3.05) is 34.0 Å². The summed E-state index contributed by atoms with van der Waals surface area (Å²) in [5.41, 5.74) is 2.10. The van der Waals surface area contributed by atoms with Crippen LogP contribution in [0.3, 0.4) is 0 Å². The van der Waals surface area contributed by atoms with Gasteiger partial charge in [-0.25, -0.2) is 9.59 Å². The molecule has 168 valence electrons. The Morgan fingerprint density at radius 3 is 2.57 bits per heavy atom. The summed E-state index contributed by atoms with van der Waals surface area (Å²) in [5.74, 6) is 1.33. The van der Waals surface area contributed by atoms with Gasteiger partial charge in [-0.05, 0) is 62.1 Å². The molecule has 1 aliphatic heterocycles. The van der Waals surface area contributed by atoms with Crippen LogP contribution in [0, 0.1) is 12.8 Å². The summed E-state index contributed by atoms with van der Waals surface area (Å²) in [6.45, 7) is 7.12. The number of benzene rings is 1. The lowest BCUT2D eigenvalue weighted by Crippen LogP contribution is -2.49. The maximum atomic E-state index is 12.6. The number of piperidine rings is 1. The molecule has 1 unspecified atom stereocenters. The molecule has 1 aromatic rings. The summed E-state index contributed by atoms with van der Waals surface area (Å²) in [6, 6.07) is 3.44. The largest absolute Gasteiger partial charge is 0.493 e. The first-order valence-corrected chi connectivity index (χ1v) is 10.7. The molecule has 1 saturated heterocycles. The summed E-state index contributed by atoms with van der Waals surface area (Å²) >= 11 is 0. The Morgan fingerprint density at radius 1 is 1.13 bits per heavy atom. The molecule has 0 saturated carbocycles. The van der Waals surface area contributed by atoms with Gasteiger partial charge in [-0.1, -0.05) is 19.9 Å². The van der Waals surface area contributed by atoms with Crippen LogP contribution in [0.2, 0.25) is 0 Å². The summed E-state index contributed by atoms with van der Waals surface area (Å²) in [5, 5.41) is 0. The average molecular weight is 422 g/mol. The Kier molecular flexibility index (Phi) is 9.27. The number of ether oxygens (including phenoxy) is 4. The van der Waals surface area contributed by atoms with Crippen LogP contribution in [0.25, 0.3) is 0 Å². The monoisotopic (exact) mass is 421 g/mol. The molecular weight excluding hydrogens is 386 g/mol. The number of methoxy groups -OCH3 is 2. The first-order valence-electron chi connectivity index (χ1n) is 10.7. The fourth-order valence-corrected chi connectivity index (χ4v) is 3.63. The van der Waals surface area contributed by atoms with Gasteiger partial charge in [0.2, 0.25) is 0 Å². The fourth-order valence-electron chi connectivity index (χ4n) is 3.63. The predicted octanol–water partition coefficient (Wildman–Crippen LogP) is 4.14. The smallest absolute Gasteiger partial charge is 0.410 e. The lowest BCUT2D eigenvalue weighted by Gasteiger charge is -2.33. The molecule has 0 aliphatic carbocycles. The zero-order valence-electron chi connectivity index (χ0n) is 18.9. The molecule has 7 nitrogen and oxygen atoms in total. The van der Waals surface area contributed by atoms with Gasteiger partial charge in [0.1, 0.15) is 6.04 Å². The molecule has 0 bridgehead atoms. The summed E-state index contributed by atoms with van der Waals surface area (Å²) in [7, 11) is 3.24. The van der Waals surface area contributed by atoms with Crippen molar-refractivity contribution in [2.24, 2.45) is 5.92 Å². The second-order valence-corrected chi connectivity index (χ2v) is 8.10. The number of carbonyl (C=O) groups is 2. The second-order valence-electron chi connectivity index (χ2n) is 8.10. The van der Waals surface area contributed by atoms with E-state index in [4.69, 9.17) is 18.9 Å². The first-order chi connectivity index (χ1) is 14.4. The average Bonchev–Trinajstić information content (AvgIpc) is 2.74. The van der Waals surface area contributed by atoms with Crippen LogP contribution in [0.15, 0.2) is 12.1 Å². The zero-order valence-corrected chi connectivity index (χ0v) is 18.9. The van der Waals surface area contributed by atoms with Crippen LogP contribution in [0.4, 0.5) is 4.79 Å². The molecule has 2 rings (SSSR count). The minimum Gasteiger partial charge on any atom is -0.493 e. The number of aryl methyl sites for hydroxylation is 2. The predicted molar refractivity (Wildman–Crippen MR) is 114 cm³/mol. The molecule has 7 heteroatoms. The number of esters is 1. The standard InChI is InChI=1S/C23H35NO6/c1-16(2)15-30-23(26)24-11-7-6-10-19(24)22(25)29-12-8-9-18-13-17(3)21(28-5)20(14-18)27-4/h13-14,16,19H,6-12,15H2,1-5H3. The number of rotatable bonds is 9. The second kappa shape index (κ2) is 11.7. The van der Waals surface area contributed by atoms with E-state index in [0.29, 0.717) is 38.3 Å². The van der Waals surface area contributed by atoms with Crippen molar-refractivity contribution in [1.29, 1.82) is 0 Å². The van der Waals surface area contributed by atoms with Gasteiger partial charge in [0.05, 0.1) is 27.4 Å². The van der Waals surface area contributed by atoms with E-state index >= 15 is 0 Å². The van der Waals surface area contributed by atoms with E-state index in [1.807, 2.05) is 26.8 Å². The maximum absolute atomic E-state index is 12.6. The van der Waals surface area contributed by atoms with Crippen molar-refractivity contribution in [3.63, 3.8) is 0 Å². The van der Waals surface area contributed by atoms with E-state index in [0.717, 1.165) is 36.1 Å². The molecule has 30 heavy (non-hydrogen) atoms. The minimum atomic E-state index is -0.554. The van der Waals surface area contributed by atoms with Crippen LogP contribution in [0.5, 0.6) is 11.5 Å². The topological polar surface area (TPSA) is 74.3 Å². The third kappa shape index (κ3) is 6.54. The summed E-state index contributed by atoms with van der Waals surface area (Å²) in [4.78, 5) is 26.5. The van der Waals surface area contributed by atoms with Crippen LogP contribution >= 0.6 is 0 Å². The quantitative estimate of drug-likeness (QED) is 0.441. The van der Waals surface area contributed by atoms with Crippen molar-refractivity contribution < 1.29 is 28.5 Å². The number of hydrogen-bond acceptors (Lipinski definition) is 6. The van der Waals surface area contributed by atoms with E-state index in [-0.39, 0.29) is 11.9 Å². The Balaban J connectivity index is 1.86. The highest BCUT2D eigenvalue weighted by Crippen LogP contribution is 2.32. The van der Waals surface area contributed by atoms with Gasteiger partial charge in [-0.3, -0.25) is 4.90 Å². The lowest BCUT2D eigenvalue weighted by atomic mass is 10.0. The lowest BCUT2D eigenvalue weighted by molar-refractivity contribution is -0.150. The molecule has 1 amide bonds. The van der Waals surface area contributed by atoms with Crippen molar-refractivity contribution in [2.45, 2.75) is 58.9 Å². The van der Waals surface area contributed by atoms with Crippen LogP contribution in [0.1, 0.15) is 50.7 Å². The first kappa shape index (κ1) is 23.8. The molecular formula is C23H35NO6. The number of likely N-dealkylation sites (tertiary alicyclic amines) is 1. The molecule has 1 aliphatic rings. The van der Waals surface area contributed by atoms with Crippen molar-refractivity contribution in [3.05, 3.63) is 23.3 Å². The molecule has 0 radical (unpaired) electrons. The Morgan fingerprint density at radius 2 is 1.90 bits per heavy atom. The molecule has 0 spiro atoms. The van der Waals surface area contributed by atoms with E-state index in [2.05, 4.69) is 6.07 Å². The number of carbonyl (C=O) groups excluding carboxylic acids is 2. The number of hydrogen-bond donors (Lipinski definition) is 0. The van der Waals surface area contributed by atoms with E-state index in [1.54, 1.807) is 14.2 Å². The molecule has 1 heterocycles. The Bertz CT molecular complexity index is 718. The van der Waals surface area contributed by atoms with Crippen molar-refractivity contribution in [1.82, 2.24) is 4.90 Å². The van der Waals surface area contributed by atoms with Crippen LogP contribution < -0.4 is 9.47 Å². The molecule has 0 N–H and O–H groups in total. The summed E-state index contributed by atoms with van der Waals surface area (Å²) in [6.07, 6.45) is 3.40. The van der Waals surface area contributed by atoms with Crippen LogP contribution in [-0.2, 0) is 20.7 Å². The third-order valence-corrected chi connectivity index (χ3v) is 5.13. The normalized spacial score (nSPS) is 16.3. The van der Waals surface area contributed by atoms with E-state index in [1.165, 1.54) is 4.90 Å². The molecule has 1 aromatic carbocycles. The summed E-state index contributed by atoms with van der Waals surface area (Å²) < 4.78 is 21.6. The Labute approximate surface area is 179 Å². The van der Waals surface area contributed by atoms with Gasteiger partial charge in [-0.15, -0.1) is 0 Å². The Hall–Kier alpha value is -2.44. The van der Waals surface area contributed by atoms with Crippen molar-refractivity contribution >= 4 is 12.1 Å². The molecule has 1 fully saturated rings. The van der Waals surface area contributed by atoms with Gasteiger partial charge < -0.3 is 18.9 Å². The van der Waals surface area contributed by atoms with Gasteiger partial charge in [0.25, 0.3) is 0 Å². The van der Waals surface area contributed by atoms with Gasteiger partial charge in [0.15, 0.2) is 11.5 Å². The number of amides is 1. The fraction of sp³-hybridized carbons (Fsp3) is 0.652. The number of nitrogens with zero attached hydrogens (tertiary/aromatic N) is 1. The molecule has 0 aromatic heterocycles. The van der Waals surface area contributed by atoms with Gasteiger partial charge >= 0.3 is 12.1 Å². The van der Waals surface area contributed by atoms with Crippen molar-refractivity contribution in [3.8, 4) is 11.5 Å². The van der Waals surface area contributed by atoms with Gasteiger partial charge in [-0.2, -0.15) is 0 Å². The highest BCUT2D eigenvalue weighted by Gasteiger charge is 2.34. The minimum absolute atomic E-state index is 0.254. The third-order valence-electron chi connectivity index (χ3n) is 5.13. The maximum Gasteiger partial charge on any atom is 0.410 e. The highest BCUT2D eigenvalue weighted by molar-refractivity contribution is 5.81.